The summed E-state index contributed by atoms with van der Waals surface area (Å²) in [5, 5.41) is 0. The Morgan fingerprint density at radius 2 is 2.04 bits per heavy atom. The molecule has 0 N–H and O–H groups in total. The molecular formula is C20H25NO2. The number of nitrogens with zero attached hydrogens (tertiary/aromatic N) is 1. The van der Waals surface area contributed by atoms with Gasteiger partial charge in [-0.25, -0.2) is 4.79 Å². The fourth-order valence-corrected chi connectivity index (χ4v) is 3.20. The summed E-state index contributed by atoms with van der Waals surface area (Å²) in [5.74, 6) is 0. The molecule has 0 unspecified atom stereocenters. The van der Waals surface area contributed by atoms with Crippen LogP contribution in [0.15, 0.2) is 30.9 Å². The molecule has 3 rings (SSSR count). The maximum absolute atomic E-state index is 12.3. The van der Waals surface area contributed by atoms with E-state index in [9.17, 15) is 4.79 Å². The van der Waals surface area contributed by atoms with Crippen LogP contribution >= 0.6 is 0 Å². The number of hydrogen-bond donors (Lipinski definition) is 0. The molecule has 0 aromatic heterocycles. The Bertz CT molecular complexity index is 679. The zero-order chi connectivity index (χ0) is 16.6. The van der Waals surface area contributed by atoms with E-state index >= 15 is 0 Å². The van der Waals surface area contributed by atoms with Crippen molar-refractivity contribution in [2.75, 3.05) is 13.1 Å². The molecule has 1 aromatic carbocycles. The lowest BCUT2D eigenvalue weighted by atomic mass is 9.97. The lowest BCUT2D eigenvalue weighted by Crippen LogP contribution is -2.39. The van der Waals surface area contributed by atoms with Gasteiger partial charge in [0.2, 0.25) is 0 Å². The average molecular weight is 311 g/mol. The van der Waals surface area contributed by atoms with Gasteiger partial charge in [-0.2, -0.15) is 0 Å². The minimum absolute atomic E-state index is 0.224. The van der Waals surface area contributed by atoms with Crippen LogP contribution in [0.25, 0.3) is 11.1 Å². The van der Waals surface area contributed by atoms with Crippen LogP contribution in [0.3, 0.4) is 0 Å². The van der Waals surface area contributed by atoms with Gasteiger partial charge in [0.1, 0.15) is 5.60 Å². The standard InChI is InChI=1S/C20H25NO2/c1-14-7-8-16-12-15(9-10-18(14)16)17-6-5-11-21(13-17)19(22)23-20(2,3)4/h6,9-10,12H,1,5,7-8,11,13H2,2-4H3. The van der Waals surface area contributed by atoms with Gasteiger partial charge in [-0.05, 0) is 67.9 Å². The van der Waals surface area contributed by atoms with Gasteiger partial charge >= 0.3 is 6.09 Å². The number of amides is 1. The molecule has 1 heterocycles. The summed E-state index contributed by atoms with van der Waals surface area (Å²) in [6.45, 7) is 11.2. The van der Waals surface area contributed by atoms with E-state index in [-0.39, 0.29) is 6.09 Å². The van der Waals surface area contributed by atoms with Crippen LogP contribution in [0.5, 0.6) is 0 Å². The van der Waals surface area contributed by atoms with Crippen LogP contribution in [0, 0.1) is 0 Å². The molecule has 1 amide bonds. The van der Waals surface area contributed by atoms with E-state index in [4.69, 9.17) is 4.74 Å². The first-order valence-corrected chi connectivity index (χ1v) is 8.32. The summed E-state index contributed by atoms with van der Waals surface area (Å²) >= 11 is 0. The fourth-order valence-electron chi connectivity index (χ4n) is 3.20. The van der Waals surface area contributed by atoms with Crippen LogP contribution in [0.4, 0.5) is 4.79 Å². The zero-order valence-electron chi connectivity index (χ0n) is 14.3. The number of carbonyl (C=O) groups is 1. The van der Waals surface area contributed by atoms with E-state index in [0.717, 1.165) is 25.8 Å². The predicted octanol–water partition coefficient (Wildman–Crippen LogP) is 4.67. The molecule has 0 atom stereocenters. The van der Waals surface area contributed by atoms with Gasteiger partial charge in [-0.15, -0.1) is 0 Å². The van der Waals surface area contributed by atoms with Crippen LogP contribution in [-0.2, 0) is 11.2 Å². The smallest absolute Gasteiger partial charge is 0.410 e. The van der Waals surface area contributed by atoms with E-state index in [1.807, 2.05) is 20.8 Å². The van der Waals surface area contributed by atoms with Crippen LogP contribution in [0.1, 0.15) is 50.3 Å². The largest absolute Gasteiger partial charge is 0.444 e. The van der Waals surface area contributed by atoms with Crippen LogP contribution in [-0.4, -0.2) is 29.7 Å². The van der Waals surface area contributed by atoms with E-state index < -0.39 is 5.60 Å². The molecule has 0 fully saturated rings. The molecule has 2 aliphatic rings. The minimum atomic E-state index is -0.452. The summed E-state index contributed by atoms with van der Waals surface area (Å²) in [7, 11) is 0. The molecule has 0 saturated carbocycles. The van der Waals surface area contributed by atoms with Crippen molar-refractivity contribution < 1.29 is 9.53 Å². The van der Waals surface area contributed by atoms with Crippen LogP contribution in [0.2, 0.25) is 0 Å². The van der Waals surface area contributed by atoms with Crippen molar-refractivity contribution in [1.82, 2.24) is 4.90 Å². The normalized spacial score (nSPS) is 17.8. The summed E-state index contributed by atoms with van der Waals surface area (Å²) in [6, 6.07) is 6.59. The first-order valence-electron chi connectivity index (χ1n) is 8.32. The van der Waals surface area contributed by atoms with E-state index in [2.05, 4.69) is 30.9 Å². The number of carbonyl (C=O) groups excluding carboxylic acids is 1. The van der Waals surface area contributed by atoms with Crippen molar-refractivity contribution in [2.45, 2.75) is 45.6 Å². The topological polar surface area (TPSA) is 29.5 Å². The Morgan fingerprint density at radius 1 is 1.26 bits per heavy atom. The lowest BCUT2D eigenvalue weighted by Gasteiger charge is -2.30. The Labute approximate surface area is 138 Å². The average Bonchev–Trinajstić information content (AvgIpc) is 2.87. The third-order valence-corrected chi connectivity index (χ3v) is 4.36. The van der Waals surface area contributed by atoms with Gasteiger partial charge in [0.15, 0.2) is 0 Å². The first-order chi connectivity index (χ1) is 10.8. The number of hydrogen-bond acceptors (Lipinski definition) is 2. The Balaban J connectivity index is 1.75. The van der Waals surface area contributed by atoms with Gasteiger partial charge in [0.05, 0.1) is 0 Å². The third-order valence-electron chi connectivity index (χ3n) is 4.36. The molecule has 0 spiro atoms. The number of ether oxygens (including phenoxy) is 1. The first kappa shape index (κ1) is 15.9. The molecule has 122 valence electrons. The number of fused-ring (bicyclic) bond motifs is 1. The number of benzene rings is 1. The Hall–Kier alpha value is -2.03. The monoisotopic (exact) mass is 311 g/mol. The highest BCUT2D eigenvalue weighted by molar-refractivity contribution is 5.78. The summed E-state index contributed by atoms with van der Waals surface area (Å²) in [6.07, 6.45) is 5.02. The highest BCUT2D eigenvalue weighted by atomic mass is 16.6. The fraction of sp³-hybridized carbons (Fsp3) is 0.450. The maximum Gasteiger partial charge on any atom is 0.410 e. The summed E-state index contributed by atoms with van der Waals surface area (Å²) in [4.78, 5) is 14.1. The van der Waals surface area contributed by atoms with Gasteiger partial charge in [-0.3, -0.25) is 0 Å². The summed E-state index contributed by atoms with van der Waals surface area (Å²) in [5.41, 5.74) is 5.89. The molecular weight excluding hydrogens is 286 g/mol. The molecule has 3 heteroatoms. The van der Waals surface area contributed by atoms with E-state index in [0.29, 0.717) is 6.54 Å². The predicted molar refractivity (Wildman–Crippen MR) is 94.2 cm³/mol. The van der Waals surface area contributed by atoms with Gasteiger partial charge in [-0.1, -0.05) is 30.9 Å². The van der Waals surface area contributed by atoms with Crippen molar-refractivity contribution >= 4 is 17.2 Å². The van der Waals surface area contributed by atoms with Gasteiger partial charge < -0.3 is 9.64 Å². The third kappa shape index (κ3) is 3.49. The second-order valence-electron chi connectivity index (χ2n) is 7.40. The molecule has 1 aliphatic heterocycles. The molecule has 3 nitrogen and oxygen atoms in total. The summed E-state index contributed by atoms with van der Waals surface area (Å²) < 4.78 is 5.50. The molecule has 0 radical (unpaired) electrons. The van der Waals surface area contributed by atoms with Crippen molar-refractivity contribution in [2.24, 2.45) is 0 Å². The second-order valence-corrected chi connectivity index (χ2v) is 7.40. The minimum Gasteiger partial charge on any atom is -0.444 e. The Morgan fingerprint density at radius 3 is 2.78 bits per heavy atom. The van der Waals surface area contributed by atoms with Crippen molar-refractivity contribution in [3.05, 3.63) is 47.5 Å². The zero-order valence-corrected chi connectivity index (χ0v) is 14.3. The lowest BCUT2D eigenvalue weighted by molar-refractivity contribution is 0.0273. The quantitative estimate of drug-likeness (QED) is 0.754. The van der Waals surface area contributed by atoms with Crippen LogP contribution < -0.4 is 0 Å². The van der Waals surface area contributed by atoms with Gasteiger partial charge in [0, 0.05) is 13.1 Å². The molecule has 0 bridgehead atoms. The van der Waals surface area contributed by atoms with E-state index in [1.165, 1.54) is 27.8 Å². The highest BCUT2D eigenvalue weighted by Gasteiger charge is 2.25. The number of rotatable bonds is 1. The maximum atomic E-state index is 12.3. The van der Waals surface area contributed by atoms with Gasteiger partial charge in [0.25, 0.3) is 0 Å². The SMILES string of the molecule is C=C1CCc2cc(C3=CCCN(C(=O)OC(C)(C)C)C3)ccc21. The molecule has 1 aliphatic carbocycles. The van der Waals surface area contributed by atoms with Crippen molar-refractivity contribution in [3.63, 3.8) is 0 Å². The number of allylic oxidation sites excluding steroid dienone is 1. The highest BCUT2D eigenvalue weighted by Crippen LogP contribution is 2.33. The molecule has 1 aromatic rings. The Kier molecular flexibility index (Phi) is 4.05. The van der Waals surface area contributed by atoms with Crippen molar-refractivity contribution in [1.29, 1.82) is 0 Å². The molecule has 23 heavy (non-hydrogen) atoms. The number of aryl methyl sites for hydroxylation is 1. The van der Waals surface area contributed by atoms with E-state index in [1.54, 1.807) is 4.90 Å². The molecule has 0 saturated heterocycles. The van der Waals surface area contributed by atoms with Crippen molar-refractivity contribution in [3.8, 4) is 0 Å². The second kappa shape index (κ2) is 5.88.